The number of esters is 3. The van der Waals surface area contributed by atoms with Crippen LogP contribution in [-0.4, -0.2) is 37.2 Å². The second-order valence-electron chi connectivity index (χ2n) is 21.7. The van der Waals surface area contributed by atoms with Gasteiger partial charge in [0.2, 0.25) is 0 Å². The topological polar surface area (TPSA) is 78.9 Å². The molecule has 0 aliphatic rings. The molecule has 0 N–H and O–H groups in total. The van der Waals surface area contributed by atoms with E-state index in [0.29, 0.717) is 19.3 Å². The fraction of sp³-hybridized carbons (Fsp3) is 0.783. The number of carbonyl (C=O) groups excluding carboxylic acids is 3. The van der Waals surface area contributed by atoms with E-state index in [4.69, 9.17) is 14.2 Å². The van der Waals surface area contributed by atoms with E-state index in [2.05, 4.69) is 87.6 Å². The van der Waals surface area contributed by atoms with E-state index >= 15 is 0 Å². The van der Waals surface area contributed by atoms with Crippen LogP contribution in [0.15, 0.2) is 72.9 Å². The Morgan fingerprint density at radius 2 is 0.507 bits per heavy atom. The molecule has 0 bridgehead atoms. The van der Waals surface area contributed by atoms with Crippen molar-refractivity contribution in [2.24, 2.45) is 0 Å². The van der Waals surface area contributed by atoms with Gasteiger partial charge < -0.3 is 14.2 Å². The van der Waals surface area contributed by atoms with E-state index in [1.807, 2.05) is 6.08 Å². The molecule has 0 aliphatic heterocycles. The number of unbranched alkanes of at least 4 members (excludes halogenated alkanes) is 36. The largest absolute Gasteiger partial charge is 0.462 e. The average Bonchev–Trinajstić information content (AvgIpc) is 3.41. The first-order valence-electron chi connectivity index (χ1n) is 32.4. The van der Waals surface area contributed by atoms with Crippen LogP contribution < -0.4 is 0 Å². The zero-order chi connectivity index (χ0) is 54.3. The molecule has 0 saturated heterocycles. The zero-order valence-electron chi connectivity index (χ0n) is 49.8. The van der Waals surface area contributed by atoms with Crippen molar-refractivity contribution in [3.05, 3.63) is 72.9 Å². The summed E-state index contributed by atoms with van der Waals surface area (Å²) in [6.45, 7) is 6.59. The van der Waals surface area contributed by atoms with Gasteiger partial charge in [0.25, 0.3) is 0 Å². The predicted octanol–water partition coefficient (Wildman–Crippen LogP) is 22.1. The molecular weight excluding hydrogens is 925 g/mol. The highest BCUT2D eigenvalue weighted by molar-refractivity contribution is 5.71. The second-order valence-corrected chi connectivity index (χ2v) is 21.7. The van der Waals surface area contributed by atoms with Gasteiger partial charge in [0.05, 0.1) is 0 Å². The monoisotopic (exact) mass is 1050 g/mol. The van der Waals surface area contributed by atoms with Crippen LogP contribution in [0.5, 0.6) is 0 Å². The number of allylic oxidation sites excluding steroid dienone is 12. The Labute approximate surface area is 465 Å². The number of carbonyl (C=O) groups is 3. The van der Waals surface area contributed by atoms with Crippen LogP contribution in [0.3, 0.4) is 0 Å². The molecule has 0 spiro atoms. The van der Waals surface area contributed by atoms with Crippen molar-refractivity contribution in [1.29, 1.82) is 0 Å². The van der Waals surface area contributed by atoms with Crippen molar-refractivity contribution < 1.29 is 28.6 Å². The summed E-state index contributed by atoms with van der Waals surface area (Å²) in [7, 11) is 0. The first kappa shape index (κ1) is 71.8. The summed E-state index contributed by atoms with van der Waals surface area (Å²) in [6, 6.07) is 0. The van der Waals surface area contributed by atoms with E-state index in [-0.39, 0.29) is 37.5 Å². The molecule has 0 heterocycles. The molecule has 0 aromatic rings. The fourth-order valence-corrected chi connectivity index (χ4v) is 9.31. The standard InChI is InChI=1S/C69H122O6/c1-4-7-10-13-16-19-22-25-28-31-33-34-36-39-41-44-47-50-53-56-59-62-68(71)74-65-66(75-69(72)63-60-57-54-51-48-45-42-37-30-27-24-21-18-15-12-9-6-3)64-73-67(70)61-58-55-52-49-46-43-40-38-35-32-29-26-23-20-17-14-11-8-5-2/h17,20,26-27,29-30,35,38,43,46,52,55,66H,4-16,18-19,21-25,28,31-34,36-37,39-42,44-45,47-51,53-54,56-65H2,1-3H3/b20-17-,29-26-,30-27-,38-35-,46-43-,55-52-/t66-/m1/s1. The highest BCUT2D eigenvalue weighted by atomic mass is 16.6. The molecule has 434 valence electrons. The molecule has 0 rings (SSSR count). The van der Waals surface area contributed by atoms with Gasteiger partial charge in [0.15, 0.2) is 6.10 Å². The molecule has 6 heteroatoms. The van der Waals surface area contributed by atoms with Crippen LogP contribution in [0, 0.1) is 0 Å². The van der Waals surface area contributed by atoms with E-state index in [9.17, 15) is 14.4 Å². The molecule has 75 heavy (non-hydrogen) atoms. The summed E-state index contributed by atoms with van der Waals surface area (Å²) in [5.41, 5.74) is 0. The van der Waals surface area contributed by atoms with Crippen molar-refractivity contribution in [3.8, 4) is 0 Å². The van der Waals surface area contributed by atoms with Crippen LogP contribution in [0.4, 0.5) is 0 Å². The molecule has 0 aliphatic carbocycles. The van der Waals surface area contributed by atoms with Crippen LogP contribution in [0.1, 0.15) is 329 Å². The molecule has 6 nitrogen and oxygen atoms in total. The smallest absolute Gasteiger partial charge is 0.306 e. The normalized spacial score (nSPS) is 12.5. The molecule has 0 radical (unpaired) electrons. The quantitative estimate of drug-likeness (QED) is 0.0261. The number of hydrogen-bond acceptors (Lipinski definition) is 6. The molecule has 0 amide bonds. The molecule has 0 saturated carbocycles. The van der Waals surface area contributed by atoms with E-state index in [0.717, 1.165) is 64.2 Å². The Morgan fingerprint density at radius 3 is 0.867 bits per heavy atom. The van der Waals surface area contributed by atoms with Crippen LogP contribution in [-0.2, 0) is 28.6 Å². The Morgan fingerprint density at radius 1 is 0.267 bits per heavy atom. The van der Waals surface area contributed by atoms with Gasteiger partial charge in [-0.15, -0.1) is 0 Å². The van der Waals surface area contributed by atoms with Crippen molar-refractivity contribution >= 4 is 17.9 Å². The Kier molecular flexibility index (Phi) is 60.7. The Hall–Kier alpha value is -3.15. The van der Waals surface area contributed by atoms with Gasteiger partial charge in [-0.25, -0.2) is 0 Å². The fourth-order valence-electron chi connectivity index (χ4n) is 9.31. The van der Waals surface area contributed by atoms with Crippen LogP contribution in [0.25, 0.3) is 0 Å². The maximum atomic E-state index is 12.9. The van der Waals surface area contributed by atoms with Crippen molar-refractivity contribution in [2.45, 2.75) is 335 Å². The summed E-state index contributed by atoms with van der Waals surface area (Å²) >= 11 is 0. The van der Waals surface area contributed by atoms with Gasteiger partial charge in [0.1, 0.15) is 13.2 Å². The van der Waals surface area contributed by atoms with Crippen molar-refractivity contribution in [1.82, 2.24) is 0 Å². The maximum Gasteiger partial charge on any atom is 0.306 e. The van der Waals surface area contributed by atoms with Gasteiger partial charge in [0, 0.05) is 19.3 Å². The summed E-state index contributed by atoms with van der Waals surface area (Å²) in [5, 5.41) is 0. The van der Waals surface area contributed by atoms with Gasteiger partial charge >= 0.3 is 17.9 Å². The van der Waals surface area contributed by atoms with Gasteiger partial charge in [-0.05, 0) is 83.5 Å². The second kappa shape index (κ2) is 63.4. The lowest BCUT2D eigenvalue weighted by Gasteiger charge is -2.18. The Bertz CT molecular complexity index is 1390. The number of ether oxygens (including phenoxy) is 3. The number of rotatable bonds is 59. The lowest BCUT2D eigenvalue weighted by Crippen LogP contribution is -2.30. The van der Waals surface area contributed by atoms with Crippen molar-refractivity contribution in [3.63, 3.8) is 0 Å². The third-order valence-corrected chi connectivity index (χ3v) is 14.2. The lowest BCUT2D eigenvalue weighted by atomic mass is 10.0. The number of hydrogen-bond donors (Lipinski definition) is 0. The minimum atomic E-state index is -0.807. The molecule has 0 aromatic heterocycles. The molecule has 0 unspecified atom stereocenters. The SMILES string of the molecule is CCCCC/C=C\C/C=C\C/C=C\C/C=C\C/C=C\CCC(=O)OC[C@H](COC(=O)CCCCCCCCCCCCCCCCCCCCCCC)OC(=O)CCCCCCCCC/C=C\CCCCCCCC. The molecule has 0 fully saturated rings. The summed E-state index contributed by atoms with van der Waals surface area (Å²) in [6.07, 6.45) is 82.0. The van der Waals surface area contributed by atoms with E-state index < -0.39 is 6.10 Å². The summed E-state index contributed by atoms with van der Waals surface area (Å²) < 4.78 is 16.9. The molecule has 1 atom stereocenters. The third-order valence-electron chi connectivity index (χ3n) is 14.2. The third kappa shape index (κ3) is 61.6. The first-order chi connectivity index (χ1) is 37.0. The van der Waals surface area contributed by atoms with Crippen molar-refractivity contribution in [2.75, 3.05) is 13.2 Å². The zero-order valence-corrected chi connectivity index (χ0v) is 49.8. The predicted molar refractivity (Wildman–Crippen MR) is 325 cm³/mol. The van der Waals surface area contributed by atoms with Crippen LogP contribution in [0.2, 0.25) is 0 Å². The van der Waals surface area contributed by atoms with Gasteiger partial charge in [-0.3, -0.25) is 14.4 Å². The minimum absolute atomic E-state index is 0.0969. The van der Waals surface area contributed by atoms with E-state index in [1.165, 1.54) is 218 Å². The highest BCUT2D eigenvalue weighted by Crippen LogP contribution is 2.17. The molecular formula is C69H122O6. The van der Waals surface area contributed by atoms with Gasteiger partial charge in [-0.1, -0.05) is 299 Å². The van der Waals surface area contributed by atoms with E-state index in [1.54, 1.807) is 0 Å². The summed E-state index contributed by atoms with van der Waals surface area (Å²) in [4.78, 5) is 38.3. The Balaban J connectivity index is 4.43. The minimum Gasteiger partial charge on any atom is -0.462 e. The summed E-state index contributed by atoms with van der Waals surface area (Å²) in [5.74, 6) is -0.971. The van der Waals surface area contributed by atoms with Crippen LogP contribution >= 0.6 is 0 Å². The highest BCUT2D eigenvalue weighted by Gasteiger charge is 2.19. The van der Waals surface area contributed by atoms with Gasteiger partial charge in [-0.2, -0.15) is 0 Å². The maximum absolute atomic E-state index is 12.9. The lowest BCUT2D eigenvalue weighted by molar-refractivity contribution is -0.166. The average molecular weight is 1050 g/mol. The first-order valence-corrected chi connectivity index (χ1v) is 32.4. The molecule has 0 aromatic carbocycles.